The Bertz CT molecular complexity index is 805. The first-order valence-electron chi connectivity index (χ1n) is 6.79. The molecule has 0 spiro atoms. The largest absolute Gasteiger partial charge is 0.343 e. The molecule has 2 aromatic heterocycles. The number of benzene rings is 1. The molecule has 5 nitrogen and oxygen atoms in total. The molecule has 1 aromatic carbocycles. The fraction of sp³-hybridized carbons (Fsp3) is 0.133. The van der Waals surface area contributed by atoms with Crippen LogP contribution in [0, 0.1) is 0 Å². The number of rotatable bonds is 2. The molecule has 3 heterocycles. The number of halogens is 1. The lowest BCUT2D eigenvalue weighted by molar-refractivity contribution is 0.608. The third kappa shape index (κ3) is 2.34. The second-order valence-corrected chi connectivity index (χ2v) is 6.19. The van der Waals surface area contributed by atoms with Crippen LogP contribution < -0.4 is 4.90 Å². The number of hydrogen-bond acceptors (Lipinski definition) is 5. The van der Waals surface area contributed by atoms with Gasteiger partial charge in [0.05, 0.1) is 17.6 Å². The van der Waals surface area contributed by atoms with E-state index in [0.717, 1.165) is 28.1 Å². The van der Waals surface area contributed by atoms with Crippen LogP contribution in [0.25, 0.3) is 11.4 Å². The van der Waals surface area contributed by atoms with Crippen molar-refractivity contribution in [2.24, 2.45) is 0 Å². The highest BCUT2D eigenvalue weighted by molar-refractivity contribution is 7.99. The molecule has 110 valence electrons. The predicted octanol–water partition coefficient (Wildman–Crippen LogP) is 3.52. The molecular formula is C15H12ClN5S. The lowest BCUT2D eigenvalue weighted by atomic mass is 10.2. The molecule has 0 saturated heterocycles. The van der Waals surface area contributed by atoms with Crippen LogP contribution in [0.3, 0.4) is 0 Å². The zero-order valence-electron chi connectivity index (χ0n) is 11.6. The molecule has 1 aliphatic heterocycles. The topological polar surface area (TPSA) is 46.8 Å². The summed E-state index contributed by atoms with van der Waals surface area (Å²) in [5.41, 5.74) is 2.03. The Balaban J connectivity index is 1.73. The van der Waals surface area contributed by atoms with Crippen LogP contribution in [-0.2, 0) is 6.67 Å². The molecule has 0 bridgehead atoms. The number of fused-ring (bicyclic) bond motifs is 1. The number of anilines is 1. The van der Waals surface area contributed by atoms with Crippen molar-refractivity contribution >= 4 is 29.1 Å². The molecule has 0 radical (unpaired) electrons. The number of aromatic nitrogens is 4. The van der Waals surface area contributed by atoms with Gasteiger partial charge in [-0.3, -0.25) is 9.55 Å². The van der Waals surface area contributed by atoms with E-state index in [-0.39, 0.29) is 0 Å². The predicted molar refractivity (Wildman–Crippen MR) is 87.9 cm³/mol. The van der Waals surface area contributed by atoms with Gasteiger partial charge in [0.2, 0.25) is 0 Å². The quantitative estimate of drug-likeness (QED) is 0.720. The van der Waals surface area contributed by atoms with Crippen LogP contribution in [0.4, 0.5) is 5.69 Å². The minimum Gasteiger partial charge on any atom is -0.343 e. The lowest BCUT2D eigenvalue weighted by Gasteiger charge is -2.29. The summed E-state index contributed by atoms with van der Waals surface area (Å²) >= 11 is 7.97. The van der Waals surface area contributed by atoms with Gasteiger partial charge in [-0.2, -0.15) is 0 Å². The summed E-state index contributed by atoms with van der Waals surface area (Å²) < 4.78 is 2.09. The first-order valence-corrected chi connectivity index (χ1v) is 8.15. The zero-order chi connectivity index (χ0) is 14.9. The van der Waals surface area contributed by atoms with E-state index < -0.39 is 0 Å². The van der Waals surface area contributed by atoms with Crippen molar-refractivity contribution < 1.29 is 0 Å². The zero-order valence-corrected chi connectivity index (χ0v) is 13.1. The highest BCUT2D eigenvalue weighted by Gasteiger charge is 2.23. The molecule has 0 saturated carbocycles. The maximum absolute atomic E-state index is 6.30. The number of hydrogen-bond donors (Lipinski definition) is 0. The van der Waals surface area contributed by atoms with Crippen LogP contribution in [-0.4, -0.2) is 25.6 Å². The van der Waals surface area contributed by atoms with Gasteiger partial charge in [0.25, 0.3) is 0 Å². The van der Waals surface area contributed by atoms with Crippen LogP contribution in [0.2, 0.25) is 5.02 Å². The van der Waals surface area contributed by atoms with Gasteiger partial charge in [-0.25, -0.2) is 0 Å². The third-order valence-corrected chi connectivity index (χ3v) is 4.85. The van der Waals surface area contributed by atoms with Gasteiger partial charge in [0, 0.05) is 23.6 Å². The number of pyridine rings is 1. The van der Waals surface area contributed by atoms with Crippen LogP contribution >= 0.6 is 23.4 Å². The van der Waals surface area contributed by atoms with Crippen molar-refractivity contribution in [3.8, 4) is 11.4 Å². The highest BCUT2D eigenvalue weighted by atomic mass is 35.5. The monoisotopic (exact) mass is 329 g/mol. The van der Waals surface area contributed by atoms with Crippen LogP contribution in [0.5, 0.6) is 0 Å². The SMILES string of the molecule is Clc1ccccc1-c1nnc2n1CN(c1ccncc1)CS2. The summed E-state index contributed by atoms with van der Waals surface area (Å²) in [6, 6.07) is 11.7. The fourth-order valence-corrected chi connectivity index (χ4v) is 3.54. The summed E-state index contributed by atoms with van der Waals surface area (Å²) in [5, 5.41) is 10.2. The molecule has 4 rings (SSSR count). The van der Waals surface area contributed by atoms with Gasteiger partial charge in [-0.15, -0.1) is 10.2 Å². The van der Waals surface area contributed by atoms with Crippen molar-refractivity contribution in [2.45, 2.75) is 11.8 Å². The average Bonchev–Trinajstić information content (AvgIpc) is 2.99. The molecule has 22 heavy (non-hydrogen) atoms. The van der Waals surface area contributed by atoms with Gasteiger partial charge in [0.1, 0.15) is 0 Å². The molecular weight excluding hydrogens is 318 g/mol. The molecule has 0 aliphatic carbocycles. The molecule has 0 amide bonds. The van der Waals surface area contributed by atoms with E-state index in [9.17, 15) is 0 Å². The Morgan fingerprint density at radius 3 is 2.68 bits per heavy atom. The normalized spacial score (nSPS) is 14.0. The molecule has 7 heteroatoms. The number of thioether (sulfide) groups is 1. The number of nitrogens with zero attached hydrogens (tertiary/aromatic N) is 5. The van der Waals surface area contributed by atoms with E-state index in [2.05, 4.69) is 24.6 Å². The Kier molecular flexibility index (Phi) is 3.48. The lowest BCUT2D eigenvalue weighted by Crippen LogP contribution is -2.30. The van der Waals surface area contributed by atoms with Crippen molar-refractivity contribution in [1.82, 2.24) is 19.7 Å². The Hall–Kier alpha value is -2.05. The van der Waals surface area contributed by atoms with E-state index in [0.29, 0.717) is 11.7 Å². The van der Waals surface area contributed by atoms with Gasteiger partial charge in [0.15, 0.2) is 11.0 Å². The highest BCUT2D eigenvalue weighted by Crippen LogP contribution is 2.33. The smallest absolute Gasteiger partial charge is 0.194 e. The van der Waals surface area contributed by atoms with Gasteiger partial charge >= 0.3 is 0 Å². The van der Waals surface area contributed by atoms with Gasteiger partial charge < -0.3 is 4.90 Å². The van der Waals surface area contributed by atoms with Crippen molar-refractivity contribution in [2.75, 3.05) is 10.8 Å². The second kappa shape index (κ2) is 5.62. The summed E-state index contributed by atoms with van der Waals surface area (Å²) in [7, 11) is 0. The van der Waals surface area contributed by atoms with Crippen LogP contribution in [0.15, 0.2) is 53.9 Å². The van der Waals surface area contributed by atoms with Crippen LogP contribution in [0.1, 0.15) is 0 Å². The second-order valence-electron chi connectivity index (χ2n) is 4.87. The summed E-state index contributed by atoms with van der Waals surface area (Å²) in [5.74, 6) is 1.64. The third-order valence-electron chi connectivity index (χ3n) is 3.52. The Labute approximate surface area is 137 Å². The molecule has 3 aromatic rings. The van der Waals surface area contributed by atoms with Crippen molar-refractivity contribution in [1.29, 1.82) is 0 Å². The van der Waals surface area contributed by atoms with E-state index in [1.165, 1.54) is 0 Å². The van der Waals surface area contributed by atoms with Gasteiger partial charge in [-0.05, 0) is 24.3 Å². The first-order chi connectivity index (χ1) is 10.8. The molecule has 0 fully saturated rings. The van der Waals surface area contributed by atoms with Crippen molar-refractivity contribution in [3.63, 3.8) is 0 Å². The summed E-state index contributed by atoms with van der Waals surface area (Å²) in [6.07, 6.45) is 3.60. The van der Waals surface area contributed by atoms with E-state index in [1.54, 1.807) is 24.2 Å². The summed E-state index contributed by atoms with van der Waals surface area (Å²) in [6.45, 7) is 0.694. The molecule has 1 aliphatic rings. The fourth-order valence-electron chi connectivity index (χ4n) is 2.42. The van der Waals surface area contributed by atoms with Crippen molar-refractivity contribution in [3.05, 3.63) is 53.8 Å². The van der Waals surface area contributed by atoms with E-state index in [4.69, 9.17) is 11.6 Å². The Morgan fingerprint density at radius 1 is 1.05 bits per heavy atom. The van der Waals surface area contributed by atoms with E-state index >= 15 is 0 Å². The minimum atomic E-state index is 0.684. The standard InChI is InChI=1S/C15H12ClN5S/c16-13-4-2-1-3-12(13)14-18-19-15-21(14)9-20(10-22-15)11-5-7-17-8-6-11/h1-8H,9-10H2. The summed E-state index contributed by atoms with van der Waals surface area (Å²) in [4.78, 5) is 6.32. The minimum absolute atomic E-state index is 0.684. The maximum atomic E-state index is 6.30. The molecule has 0 unspecified atom stereocenters. The molecule has 0 atom stereocenters. The Morgan fingerprint density at radius 2 is 1.86 bits per heavy atom. The molecule has 0 N–H and O–H groups in total. The maximum Gasteiger partial charge on any atom is 0.194 e. The first kappa shape index (κ1) is 13.6. The van der Waals surface area contributed by atoms with E-state index in [1.807, 2.05) is 36.4 Å². The average molecular weight is 330 g/mol. The van der Waals surface area contributed by atoms with Gasteiger partial charge in [-0.1, -0.05) is 35.5 Å².